The van der Waals surface area contributed by atoms with Crippen molar-refractivity contribution in [1.29, 1.82) is 0 Å². The second-order valence-corrected chi connectivity index (χ2v) is 3.68. The van der Waals surface area contributed by atoms with Gasteiger partial charge < -0.3 is 15.2 Å². The number of ether oxygens (including phenoxy) is 2. The zero-order chi connectivity index (χ0) is 13.0. The fourth-order valence-corrected chi connectivity index (χ4v) is 1.62. The van der Waals surface area contributed by atoms with Crippen LogP contribution in [-0.2, 0) is 11.3 Å². The summed E-state index contributed by atoms with van der Waals surface area (Å²) in [5.41, 5.74) is 7.15. The summed E-state index contributed by atoms with van der Waals surface area (Å²) in [6, 6.07) is 5.36. The zero-order valence-corrected chi connectivity index (χ0v) is 10.3. The molecule has 0 aliphatic carbocycles. The van der Waals surface area contributed by atoms with E-state index in [-0.39, 0.29) is 0 Å². The highest BCUT2D eigenvalue weighted by Crippen LogP contribution is 2.29. The third-order valence-corrected chi connectivity index (χ3v) is 2.51. The quantitative estimate of drug-likeness (QED) is 0.780. The van der Waals surface area contributed by atoms with E-state index in [1.54, 1.807) is 31.0 Å². The van der Waals surface area contributed by atoms with E-state index < -0.39 is 0 Å². The van der Waals surface area contributed by atoms with E-state index in [0.29, 0.717) is 30.4 Å². The lowest BCUT2D eigenvalue weighted by atomic mass is 10.1. The van der Waals surface area contributed by atoms with Crippen molar-refractivity contribution in [3.8, 4) is 17.1 Å². The molecule has 2 N–H and O–H groups in total. The highest BCUT2D eigenvalue weighted by atomic mass is 16.5. The van der Waals surface area contributed by atoms with E-state index in [2.05, 4.69) is 15.5 Å². The molecule has 96 valence electrons. The Balaban J connectivity index is 2.39. The molecule has 7 heteroatoms. The van der Waals surface area contributed by atoms with E-state index >= 15 is 0 Å². The Morgan fingerprint density at radius 2 is 2.17 bits per heavy atom. The van der Waals surface area contributed by atoms with Gasteiger partial charge in [-0.05, 0) is 22.6 Å². The summed E-state index contributed by atoms with van der Waals surface area (Å²) in [7, 11) is 3.22. The van der Waals surface area contributed by atoms with Crippen molar-refractivity contribution in [2.45, 2.75) is 6.54 Å². The Morgan fingerprint density at radius 3 is 2.89 bits per heavy atom. The van der Waals surface area contributed by atoms with E-state index in [4.69, 9.17) is 15.2 Å². The predicted molar refractivity (Wildman–Crippen MR) is 66.1 cm³/mol. The van der Waals surface area contributed by atoms with Gasteiger partial charge in [0.15, 0.2) is 5.82 Å². The monoisotopic (exact) mass is 249 g/mol. The summed E-state index contributed by atoms with van der Waals surface area (Å²) in [4.78, 5) is 0. The molecule has 0 aliphatic rings. The van der Waals surface area contributed by atoms with Gasteiger partial charge in [-0.2, -0.15) is 0 Å². The number of benzene rings is 1. The molecule has 0 saturated heterocycles. The minimum absolute atomic E-state index is 0.537. The average Bonchev–Trinajstić information content (AvgIpc) is 2.84. The van der Waals surface area contributed by atoms with Crippen molar-refractivity contribution >= 4 is 5.69 Å². The molecule has 0 fully saturated rings. The third-order valence-electron chi connectivity index (χ3n) is 2.51. The van der Waals surface area contributed by atoms with Gasteiger partial charge in [0.1, 0.15) is 5.75 Å². The summed E-state index contributed by atoms with van der Waals surface area (Å²) in [5, 5.41) is 11.6. The van der Waals surface area contributed by atoms with Crippen LogP contribution in [0.5, 0.6) is 5.75 Å². The van der Waals surface area contributed by atoms with Crippen LogP contribution in [0.2, 0.25) is 0 Å². The summed E-state index contributed by atoms with van der Waals surface area (Å²) >= 11 is 0. The lowest BCUT2D eigenvalue weighted by molar-refractivity contribution is 0.183. The van der Waals surface area contributed by atoms with Crippen molar-refractivity contribution in [2.24, 2.45) is 0 Å². The van der Waals surface area contributed by atoms with Crippen LogP contribution in [0, 0.1) is 0 Å². The number of tetrazole rings is 1. The topological polar surface area (TPSA) is 88.1 Å². The number of anilines is 1. The first-order valence-electron chi connectivity index (χ1n) is 5.45. The maximum absolute atomic E-state index is 5.72. The number of nitrogen functional groups attached to an aromatic ring is 1. The molecule has 1 aromatic carbocycles. The average molecular weight is 249 g/mol. The van der Waals surface area contributed by atoms with Crippen LogP contribution < -0.4 is 10.5 Å². The number of nitrogens with two attached hydrogens (primary N) is 1. The van der Waals surface area contributed by atoms with Crippen LogP contribution in [0.1, 0.15) is 0 Å². The van der Waals surface area contributed by atoms with Crippen molar-refractivity contribution in [3.05, 3.63) is 18.2 Å². The fraction of sp³-hybridized carbons (Fsp3) is 0.364. The van der Waals surface area contributed by atoms with Crippen molar-refractivity contribution in [1.82, 2.24) is 20.2 Å². The molecule has 0 bridgehead atoms. The van der Waals surface area contributed by atoms with Gasteiger partial charge in [0.2, 0.25) is 0 Å². The molecule has 2 aromatic rings. The number of hydrogen-bond acceptors (Lipinski definition) is 6. The molecule has 0 amide bonds. The highest BCUT2D eigenvalue weighted by molar-refractivity contribution is 5.67. The minimum atomic E-state index is 0.537. The number of hydrogen-bond donors (Lipinski definition) is 1. The molecule has 0 saturated carbocycles. The van der Waals surface area contributed by atoms with Gasteiger partial charge in [0, 0.05) is 18.9 Å². The number of nitrogens with zero attached hydrogens (tertiary/aromatic N) is 4. The standard InChI is InChI=1S/C11H15N5O2/c1-17-6-5-16-11(13-14-15-16)9-4-3-8(12)7-10(9)18-2/h3-4,7H,5-6,12H2,1-2H3. The molecule has 2 rings (SSSR count). The Labute approximate surface area is 104 Å². The van der Waals surface area contributed by atoms with Gasteiger partial charge in [-0.25, -0.2) is 4.68 Å². The lowest BCUT2D eigenvalue weighted by Gasteiger charge is -2.09. The van der Waals surface area contributed by atoms with E-state index in [1.165, 1.54) is 0 Å². The molecule has 0 spiro atoms. The summed E-state index contributed by atoms with van der Waals surface area (Å²) in [6.45, 7) is 1.11. The van der Waals surface area contributed by atoms with Crippen LogP contribution in [0.15, 0.2) is 18.2 Å². The normalized spacial score (nSPS) is 10.6. The number of aromatic nitrogens is 4. The molecule has 0 radical (unpaired) electrons. The van der Waals surface area contributed by atoms with Crippen LogP contribution >= 0.6 is 0 Å². The van der Waals surface area contributed by atoms with E-state index in [0.717, 1.165) is 5.56 Å². The van der Waals surface area contributed by atoms with E-state index in [1.807, 2.05) is 6.07 Å². The lowest BCUT2D eigenvalue weighted by Crippen LogP contribution is -2.08. The van der Waals surface area contributed by atoms with Gasteiger partial charge in [-0.1, -0.05) is 0 Å². The zero-order valence-electron chi connectivity index (χ0n) is 10.3. The third kappa shape index (κ3) is 2.40. The molecular weight excluding hydrogens is 234 g/mol. The van der Waals surface area contributed by atoms with E-state index in [9.17, 15) is 0 Å². The SMILES string of the molecule is COCCn1nnnc1-c1ccc(N)cc1OC. The number of methoxy groups -OCH3 is 2. The van der Waals surface area contributed by atoms with Gasteiger partial charge >= 0.3 is 0 Å². The van der Waals surface area contributed by atoms with Crippen LogP contribution in [0.4, 0.5) is 5.69 Å². The molecule has 7 nitrogen and oxygen atoms in total. The van der Waals surface area contributed by atoms with Crippen molar-refractivity contribution in [3.63, 3.8) is 0 Å². The van der Waals surface area contributed by atoms with Crippen LogP contribution in [-0.4, -0.2) is 41.0 Å². The van der Waals surface area contributed by atoms with Crippen LogP contribution in [0.25, 0.3) is 11.4 Å². The summed E-state index contributed by atoms with van der Waals surface area (Å²) in [6.07, 6.45) is 0. The Morgan fingerprint density at radius 1 is 1.33 bits per heavy atom. The molecule has 18 heavy (non-hydrogen) atoms. The van der Waals surface area contributed by atoms with Crippen molar-refractivity contribution < 1.29 is 9.47 Å². The predicted octanol–water partition coefficient (Wildman–Crippen LogP) is 0.577. The molecule has 0 aliphatic heterocycles. The largest absolute Gasteiger partial charge is 0.496 e. The second-order valence-electron chi connectivity index (χ2n) is 3.68. The Hall–Kier alpha value is -2.15. The first kappa shape index (κ1) is 12.3. The Kier molecular flexibility index (Phi) is 3.73. The highest BCUT2D eigenvalue weighted by Gasteiger charge is 2.13. The molecular formula is C11H15N5O2. The smallest absolute Gasteiger partial charge is 0.185 e. The number of rotatable bonds is 5. The molecule has 1 aromatic heterocycles. The second kappa shape index (κ2) is 5.46. The maximum atomic E-state index is 5.72. The fourth-order valence-electron chi connectivity index (χ4n) is 1.62. The van der Waals surface area contributed by atoms with Gasteiger partial charge in [0.05, 0.1) is 25.8 Å². The molecule has 1 heterocycles. The van der Waals surface area contributed by atoms with Crippen molar-refractivity contribution in [2.75, 3.05) is 26.6 Å². The maximum Gasteiger partial charge on any atom is 0.185 e. The molecule has 0 atom stereocenters. The first-order chi connectivity index (χ1) is 8.76. The minimum Gasteiger partial charge on any atom is -0.496 e. The van der Waals surface area contributed by atoms with Crippen LogP contribution in [0.3, 0.4) is 0 Å². The first-order valence-corrected chi connectivity index (χ1v) is 5.45. The van der Waals surface area contributed by atoms with Gasteiger partial charge in [-0.15, -0.1) is 5.10 Å². The van der Waals surface area contributed by atoms with Gasteiger partial charge in [-0.3, -0.25) is 0 Å². The summed E-state index contributed by atoms with van der Waals surface area (Å²) in [5.74, 6) is 1.27. The van der Waals surface area contributed by atoms with Gasteiger partial charge in [0.25, 0.3) is 0 Å². The molecule has 0 unspecified atom stereocenters. The summed E-state index contributed by atoms with van der Waals surface area (Å²) < 4.78 is 12.0. The Bertz CT molecular complexity index is 526.